The van der Waals surface area contributed by atoms with E-state index in [0.717, 1.165) is 19.0 Å². The molecule has 1 aliphatic rings. The molecule has 0 amide bonds. The zero-order valence-corrected chi connectivity index (χ0v) is 11.2. The highest BCUT2D eigenvalue weighted by Crippen LogP contribution is 2.26. The van der Waals surface area contributed by atoms with Gasteiger partial charge in [-0.15, -0.1) is 0 Å². The number of nitrogens with one attached hydrogen (secondary N) is 1. The third-order valence-corrected chi connectivity index (χ3v) is 3.66. The molecule has 1 aliphatic heterocycles. The Morgan fingerprint density at radius 2 is 2.12 bits per heavy atom. The Morgan fingerprint density at radius 3 is 2.88 bits per heavy atom. The van der Waals surface area contributed by atoms with Crippen LogP contribution in [0.1, 0.15) is 37.4 Å². The van der Waals surface area contributed by atoms with Gasteiger partial charge in [-0.25, -0.2) is 0 Å². The molecule has 2 rings (SSSR count). The van der Waals surface area contributed by atoms with Crippen LogP contribution in [-0.4, -0.2) is 25.0 Å². The summed E-state index contributed by atoms with van der Waals surface area (Å²) in [4.78, 5) is 2.49. The molecule has 0 spiro atoms. The van der Waals surface area contributed by atoms with Crippen LogP contribution in [0.5, 0.6) is 0 Å². The summed E-state index contributed by atoms with van der Waals surface area (Å²) in [6.07, 6.45) is 1.27. The van der Waals surface area contributed by atoms with Gasteiger partial charge >= 0.3 is 0 Å². The molecule has 0 saturated carbocycles. The van der Waals surface area contributed by atoms with Crippen molar-refractivity contribution in [2.24, 2.45) is 5.92 Å². The summed E-state index contributed by atoms with van der Waals surface area (Å²) in [6, 6.07) is 9.36. The molecule has 2 nitrogen and oxygen atoms in total. The fraction of sp³-hybridized carbons (Fsp3) is 0.600. The zero-order valence-electron chi connectivity index (χ0n) is 11.2. The second kappa shape index (κ2) is 5.65. The summed E-state index contributed by atoms with van der Waals surface area (Å²) in [6.45, 7) is 7.86. The summed E-state index contributed by atoms with van der Waals surface area (Å²) >= 11 is 0. The van der Waals surface area contributed by atoms with Crippen LogP contribution < -0.4 is 5.32 Å². The molecule has 94 valence electrons. The van der Waals surface area contributed by atoms with Gasteiger partial charge in [-0.3, -0.25) is 4.90 Å². The molecule has 0 bridgehead atoms. The summed E-state index contributed by atoms with van der Waals surface area (Å²) < 4.78 is 0. The van der Waals surface area contributed by atoms with Gasteiger partial charge in [0, 0.05) is 19.1 Å². The first-order valence-corrected chi connectivity index (χ1v) is 6.67. The van der Waals surface area contributed by atoms with Crippen LogP contribution in [0.15, 0.2) is 24.3 Å². The van der Waals surface area contributed by atoms with Crippen molar-refractivity contribution in [3.05, 3.63) is 35.4 Å². The van der Waals surface area contributed by atoms with Crippen molar-refractivity contribution < 1.29 is 0 Å². The minimum atomic E-state index is 0.540. The third-order valence-electron chi connectivity index (χ3n) is 3.66. The Hall–Kier alpha value is -0.860. The number of nitrogens with zero attached hydrogens (tertiary/aromatic N) is 1. The number of benzene rings is 1. The lowest BCUT2D eigenvalue weighted by molar-refractivity contribution is 0.217. The molecule has 1 heterocycles. The smallest absolute Gasteiger partial charge is 0.0472 e. The van der Waals surface area contributed by atoms with E-state index in [-0.39, 0.29) is 0 Å². The largest absolute Gasteiger partial charge is 0.311 e. The molecule has 0 aromatic heterocycles. The lowest BCUT2D eigenvalue weighted by Crippen LogP contribution is -2.38. The molecule has 0 radical (unpaired) electrons. The molecule has 17 heavy (non-hydrogen) atoms. The predicted octanol–water partition coefficient (Wildman–Crippen LogP) is 2.81. The number of fused-ring (bicyclic) bond motifs is 1. The maximum absolute atomic E-state index is 3.52. The molecular weight excluding hydrogens is 208 g/mol. The average molecular weight is 232 g/mol. The van der Waals surface area contributed by atoms with Gasteiger partial charge in [0.15, 0.2) is 0 Å². The van der Waals surface area contributed by atoms with Crippen molar-refractivity contribution in [3.8, 4) is 0 Å². The van der Waals surface area contributed by atoms with E-state index in [1.54, 1.807) is 0 Å². The van der Waals surface area contributed by atoms with E-state index in [1.807, 2.05) is 0 Å². The lowest BCUT2D eigenvalue weighted by atomic mass is 9.95. The normalized spacial score (nSPS) is 19.7. The maximum atomic E-state index is 3.52. The van der Waals surface area contributed by atoms with Crippen molar-refractivity contribution >= 4 is 0 Å². The van der Waals surface area contributed by atoms with E-state index in [0.29, 0.717) is 6.04 Å². The Bertz CT molecular complexity index is 360. The number of hydrogen-bond acceptors (Lipinski definition) is 2. The third kappa shape index (κ3) is 3.08. The van der Waals surface area contributed by atoms with Gasteiger partial charge in [0.2, 0.25) is 0 Å². The van der Waals surface area contributed by atoms with Gasteiger partial charge in [0.1, 0.15) is 0 Å². The number of hydrogen-bond donors (Lipinski definition) is 1. The molecule has 1 aromatic carbocycles. The van der Waals surface area contributed by atoms with E-state index < -0.39 is 0 Å². The van der Waals surface area contributed by atoms with Crippen LogP contribution >= 0.6 is 0 Å². The van der Waals surface area contributed by atoms with E-state index in [2.05, 4.69) is 55.4 Å². The first kappa shape index (κ1) is 12.6. The Balaban J connectivity index is 2.07. The second-order valence-electron chi connectivity index (χ2n) is 5.51. The first-order valence-electron chi connectivity index (χ1n) is 6.67. The highest BCUT2D eigenvalue weighted by molar-refractivity contribution is 5.32. The first-order chi connectivity index (χ1) is 8.18. The van der Waals surface area contributed by atoms with Gasteiger partial charge in [0.25, 0.3) is 0 Å². The molecule has 1 N–H and O–H groups in total. The topological polar surface area (TPSA) is 15.3 Å². The van der Waals surface area contributed by atoms with E-state index in [9.17, 15) is 0 Å². The van der Waals surface area contributed by atoms with Crippen molar-refractivity contribution in [2.45, 2.75) is 32.9 Å². The SMILES string of the molecule is CC(C)CCN(C)C1CNCc2ccccc21. The van der Waals surface area contributed by atoms with Gasteiger partial charge in [0.05, 0.1) is 0 Å². The summed E-state index contributed by atoms with van der Waals surface area (Å²) in [5.41, 5.74) is 2.97. The number of rotatable bonds is 4. The van der Waals surface area contributed by atoms with Crippen molar-refractivity contribution in [3.63, 3.8) is 0 Å². The fourth-order valence-electron chi connectivity index (χ4n) is 2.48. The van der Waals surface area contributed by atoms with Gasteiger partial charge in [-0.1, -0.05) is 38.1 Å². The van der Waals surface area contributed by atoms with Crippen molar-refractivity contribution in [1.82, 2.24) is 10.2 Å². The van der Waals surface area contributed by atoms with Crippen LogP contribution in [0, 0.1) is 5.92 Å². The number of likely N-dealkylation sites (N-methyl/N-ethyl adjacent to an activating group) is 1. The predicted molar refractivity (Wildman–Crippen MR) is 73.0 cm³/mol. The van der Waals surface area contributed by atoms with E-state index in [4.69, 9.17) is 0 Å². The van der Waals surface area contributed by atoms with Crippen LogP contribution in [0.25, 0.3) is 0 Å². The molecule has 2 heteroatoms. The fourth-order valence-corrected chi connectivity index (χ4v) is 2.48. The summed E-state index contributed by atoms with van der Waals surface area (Å²) in [5.74, 6) is 0.782. The molecule has 0 saturated heterocycles. The Kier molecular flexibility index (Phi) is 4.19. The van der Waals surface area contributed by atoms with Crippen molar-refractivity contribution in [2.75, 3.05) is 20.1 Å². The standard InChI is InChI=1S/C15H24N2/c1-12(2)8-9-17(3)15-11-16-10-13-6-4-5-7-14(13)15/h4-7,12,15-16H,8-11H2,1-3H3. The van der Waals surface area contributed by atoms with Gasteiger partial charge in [-0.2, -0.15) is 0 Å². The van der Waals surface area contributed by atoms with Crippen LogP contribution in [-0.2, 0) is 6.54 Å². The minimum absolute atomic E-state index is 0.540. The highest BCUT2D eigenvalue weighted by atomic mass is 15.2. The van der Waals surface area contributed by atoms with Crippen LogP contribution in [0.3, 0.4) is 0 Å². The molecule has 1 aromatic rings. The minimum Gasteiger partial charge on any atom is -0.311 e. The summed E-state index contributed by atoms with van der Waals surface area (Å²) in [7, 11) is 2.25. The van der Waals surface area contributed by atoms with Crippen LogP contribution in [0.2, 0.25) is 0 Å². The van der Waals surface area contributed by atoms with Crippen molar-refractivity contribution in [1.29, 1.82) is 0 Å². The molecular formula is C15H24N2. The molecule has 0 fully saturated rings. The van der Waals surface area contributed by atoms with E-state index >= 15 is 0 Å². The quantitative estimate of drug-likeness (QED) is 0.858. The second-order valence-corrected chi connectivity index (χ2v) is 5.51. The Morgan fingerprint density at radius 1 is 1.35 bits per heavy atom. The maximum Gasteiger partial charge on any atom is 0.0472 e. The average Bonchev–Trinajstić information content (AvgIpc) is 2.35. The monoisotopic (exact) mass is 232 g/mol. The van der Waals surface area contributed by atoms with E-state index in [1.165, 1.54) is 24.1 Å². The highest BCUT2D eigenvalue weighted by Gasteiger charge is 2.22. The molecule has 0 aliphatic carbocycles. The van der Waals surface area contributed by atoms with Crippen LogP contribution in [0.4, 0.5) is 0 Å². The molecule has 1 unspecified atom stereocenters. The molecule has 1 atom stereocenters. The van der Waals surface area contributed by atoms with Gasteiger partial charge < -0.3 is 5.32 Å². The Labute approximate surface area is 105 Å². The van der Waals surface area contributed by atoms with Gasteiger partial charge in [-0.05, 0) is 37.1 Å². The zero-order chi connectivity index (χ0) is 12.3. The lowest BCUT2D eigenvalue weighted by Gasteiger charge is -2.34. The summed E-state index contributed by atoms with van der Waals surface area (Å²) in [5, 5.41) is 3.52.